The van der Waals surface area contributed by atoms with Gasteiger partial charge in [-0.05, 0) is 29.8 Å². The minimum Gasteiger partial charge on any atom is -0.342 e. The third-order valence-corrected chi connectivity index (χ3v) is 5.19. The summed E-state index contributed by atoms with van der Waals surface area (Å²) in [6.45, 7) is 0. The van der Waals surface area contributed by atoms with Gasteiger partial charge in [0.15, 0.2) is 10.8 Å². The Morgan fingerprint density at radius 3 is 2.12 bits per heavy atom. The summed E-state index contributed by atoms with van der Waals surface area (Å²) >= 11 is 3.39. The molecular formula is C18H10BrN5. The zero-order valence-corrected chi connectivity index (χ0v) is 14.0. The van der Waals surface area contributed by atoms with Gasteiger partial charge in [0, 0.05) is 22.8 Å². The normalized spacial score (nSPS) is 19.8. The predicted molar refractivity (Wildman–Crippen MR) is 88.5 cm³/mol. The minimum absolute atomic E-state index is 0.152. The lowest BCUT2D eigenvalue weighted by Gasteiger charge is -2.49. The van der Waals surface area contributed by atoms with Crippen LogP contribution in [-0.4, -0.2) is 4.57 Å². The van der Waals surface area contributed by atoms with Crippen LogP contribution in [0.4, 0.5) is 0 Å². The molecule has 0 radical (unpaired) electrons. The minimum atomic E-state index is -1.68. The molecule has 0 amide bonds. The lowest BCUT2D eigenvalue weighted by atomic mass is 9.48. The zero-order chi connectivity index (χ0) is 17.4. The average Bonchev–Trinajstić information content (AvgIpc) is 3.06. The van der Waals surface area contributed by atoms with Crippen molar-refractivity contribution in [3.05, 3.63) is 47.1 Å². The summed E-state index contributed by atoms with van der Waals surface area (Å²) in [4.78, 5) is 0. The van der Waals surface area contributed by atoms with E-state index >= 15 is 0 Å². The van der Waals surface area contributed by atoms with Gasteiger partial charge in [-0.1, -0.05) is 28.1 Å². The van der Waals surface area contributed by atoms with Crippen molar-refractivity contribution >= 4 is 15.9 Å². The van der Waals surface area contributed by atoms with Crippen molar-refractivity contribution in [3.63, 3.8) is 0 Å². The van der Waals surface area contributed by atoms with E-state index in [4.69, 9.17) is 0 Å². The fourth-order valence-electron chi connectivity index (χ4n) is 3.25. The van der Waals surface area contributed by atoms with Gasteiger partial charge in [-0.2, -0.15) is 21.0 Å². The monoisotopic (exact) mass is 375 g/mol. The third kappa shape index (κ3) is 1.88. The molecule has 1 heterocycles. The Labute approximate surface area is 147 Å². The van der Waals surface area contributed by atoms with Crippen LogP contribution in [0.2, 0.25) is 0 Å². The van der Waals surface area contributed by atoms with Crippen molar-refractivity contribution in [2.75, 3.05) is 0 Å². The highest BCUT2D eigenvalue weighted by Gasteiger charge is 2.70. The summed E-state index contributed by atoms with van der Waals surface area (Å²) < 4.78 is 2.77. The van der Waals surface area contributed by atoms with E-state index in [9.17, 15) is 21.0 Å². The third-order valence-electron chi connectivity index (χ3n) is 4.66. The first kappa shape index (κ1) is 15.8. The van der Waals surface area contributed by atoms with Crippen LogP contribution in [-0.2, 0) is 0 Å². The Morgan fingerprint density at radius 2 is 1.58 bits per heavy atom. The smallest absolute Gasteiger partial charge is 0.195 e. The molecule has 3 rings (SSSR count). The predicted octanol–water partition coefficient (Wildman–Crippen LogP) is 3.93. The lowest BCUT2D eigenvalue weighted by molar-refractivity contribution is 0.0462. The van der Waals surface area contributed by atoms with E-state index in [1.807, 2.05) is 65.2 Å². The van der Waals surface area contributed by atoms with Crippen LogP contribution in [0, 0.1) is 56.2 Å². The van der Waals surface area contributed by atoms with E-state index in [1.54, 1.807) is 6.20 Å². The molecule has 2 aromatic rings. The number of rotatable bonds is 2. The highest BCUT2D eigenvalue weighted by Crippen LogP contribution is 2.62. The first-order valence-corrected chi connectivity index (χ1v) is 7.94. The molecule has 1 aromatic heterocycles. The molecule has 24 heavy (non-hydrogen) atoms. The Hall–Kier alpha value is -3.06. The van der Waals surface area contributed by atoms with Gasteiger partial charge in [0.2, 0.25) is 0 Å². The Bertz CT molecular complexity index is 931. The van der Waals surface area contributed by atoms with Gasteiger partial charge in [0.25, 0.3) is 0 Å². The number of hydrogen-bond acceptors (Lipinski definition) is 4. The summed E-state index contributed by atoms with van der Waals surface area (Å²) in [7, 11) is 0. The lowest BCUT2D eigenvalue weighted by Crippen LogP contribution is -2.56. The summed E-state index contributed by atoms with van der Waals surface area (Å²) in [5, 5.41) is 38.0. The number of nitrogens with zero attached hydrogens (tertiary/aromatic N) is 5. The topological polar surface area (TPSA) is 100 Å². The number of hydrogen-bond donors (Lipinski definition) is 0. The molecule has 1 aliphatic rings. The molecule has 0 bridgehead atoms. The summed E-state index contributed by atoms with van der Waals surface area (Å²) in [6, 6.07) is 18.5. The first-order valence-electron chi connectivity index (χ1n) is 7.15. The first-order chi connectivity index (χ1) is 11.6. The molecule has 1 saturated carbocycles. The molecule has 1 aliphatic carbocycles. The van der Waals surface area contributed by atoms with E-state index in [0.717, 1.165) is 15.7 Å². The maximum atomic E-state index is 9.61. The van der Waals surface area contributed by atoms with Gasteiger partial charge >= 0.3 is 0 Å². The van der Waals surface area contributed by atoms with Crippen molar-refractivity contribution in [2.45, 2.75) is 12.5 Å². The van der Waals surface area contributed by atoms with Crippen molar-refractivity contribution in [1.29, 1.82) is 21.0 Å². The van der Waals surface area contributed by atoms with Crippen molar-refractivity contribution < 1.29 is 0 Å². The SMILES string of the molecule is N#CC1(C#N)CC(n2cccc2-c2ccc(Br)cc2)C1(C#N)C#N. The molecular weight excluding hydrogens is 366 g/mol. The molecule has 0 spiro atoms. The van der Waals surface area contributed by atoms with E-state index in [0.29, 0.717) is 0 Å². The van der Waals surface area contributed by atoms with Gasteiger partial charge in [-0.3, -0.25) is 0 Å². The molecule has 114 valence electrons. The molecule has 5 nitrogen and oxygen atoms in total. The van der Waals surface area contributed by atoms with Gasteiger partial charge in [-0.25, -0.2) is 0 Å². The number of halogens is 1. The Kier molecular flexibility index (Phi) is 3.65. The largest absolute Gasteiger partial charge is 0.342 e. The van der Waals surface area contributed by atoms with Crippen molar-refractivity contribution in [2.24, 2.45) is 10.8 Å². The average molecular weight is 376 g/mol. The molecule has 0 saturated heterocycles. The maximum Gasteiger partial charge on any atom is 0.195 e. The molecule has 0 N–H and O–H groups in total. The standard InChI is InChI=1S/C18H10BrN5/c19-14-5-3-13(4-6-14)15-2-1-7-24(15)16-8-17(9-20,10-21)18(16,11-22)12-23/h1-7,16H,8H2. The van der Waals surface area contributed by atoms with Crippen LogP contribution in [0.3, 0.4) is 0 Å². The second-order valence-electron chi connectivity index (χ2n) is 5.69. The van der Waals surface area contributed by atoms with Crippen LogP contribution in [0.15, 0.2) is 47.1 Å². The van der Waals surface area contributed by atoms with Crippen LogP contribution in [0.5, 0.6) is 0 Å². The number of aromatic nitrogens is 1. The van der Waals surface area contributed by atoms with Crippen molar-refractivity contribution in [3.8, 4) is 35.5 Å². The Balaban J connectivity index is 2.10. The quantitative estimate of drug-likeness (QED) is 0.793. The van der Waals surface area contributed by atoms with Crippen LogP contribution < -0.4 is 0 Å². The summed E-state index contributed by atoms with van der Waals surface area (Å²) in [5.41, 5.74) is -1.51. The second kappa shape index (κ2) is 5.54. The van der Waals surface area contributed by atoms with Gasteiger partial charge in [-0.15, -0.1) is 0 Å². The molecule has 6 heteroatoms. The maximum absolute atomic E-state index is 9.61. The van der Waals surface area contributed by atoms with E-state index in [-0.39, 0.29) is 6.42 Å². The second-order valence-corrected chi connectivity index (χ2v) is 6.60. The summed E-state index contributed by atoms with van der Waals surface area (Å²) in [6.07, 6.45) is 1.93. The van der Waals surface area contributed by atoms with Crippen LogP contribution >= 0.6 is 15.9 Å². The van der Waals surface area contributed by atoms with E-state index in [2.05, 4.69) is 15.9 Å². The molecule has 1 aromatic carbocycles. The number of benzene rings is 1. The van der Waals surface area contributed by atoms with E-state index in [1.165, 1.54) is 0 Å². The molecule has 1 fully saturated rings. The number of nitriles is 4. The van der Waals surface area contributed by atoms with Crippen LogP contribution in [0.1, 0.15) is 12.5 Å². The van der Waals surface area contributed by atoms with Crippen LogP contribution in [0.25, 0.3) is 11.3 Å². The van der Waals surface area contributed by atoms with Gasteiger partial charge < -0.3 is 4.57 Å². The highest BCUT2D eigenvalue weighted by molar-refractivity contribution is 9.10. The summed E-state index contributed by atoms with van der Waals surface area (Å²) in [5.74, 6) is 0. The van der Waals surface area contributed by atoms with E-state index < -0.39 is 16.9 Å². The fraction of sp³-hybridized carbons (Fsp3) is 0.222. The molecule has 0 aliphatic heterocycles. The highest BCUT2D eigenvalue weighted by atomic mass is 79.9. The zero-order valence-electron chi connectivity index (χ0n) is 12.4. The molecule has 1 unspecified atom stereocenters. The van der Waals surface area contributed by atoms with Gasteiger partial charge in [0.1, 0.15) is 0 Å². The van der Waals surface area contributed by atoms with Gasteiger partial charge in [0.05, 0.1) is 30.3 Å². The fourth-order valence-corrected chi connectivity index (χ4v) is 3.52. The Morgan fingerprint density at radius 1 is 0.958 bits per heavy atom. The molecule has 1 atom stereocenters. The van der Waals surface area contributed by atoms with Crippen molar-refractivity contribution in [1.82, 2.24) is 4.57 Å².